The van der Waals surface area contributed by atoms with E-state index in [0.29, 0.717) is 30.5 Å². The highest BCUT2D eigenvalue weighted by molar-refractivity contribution is 6.32. The molecule has 1 aromatic rings. The standard InChI is InChI=1S/C13H18ClNO2/c1-3-9-10(8(2)7-15)6-11(14)13-12(9)16-4-5-17-13/h6,8H,3-5,7,15H2,1-2H3. The van der Waals surface area contributed by atoms with Crippen molar-refractivity contribution >= 4 is 11.6 Å². The molecule has 0 bridgehead atoms. The summed E-state index contributed by atoms with van der Waals surface area (Å²) in [4.78, 5) is 0. The molecule has 0 saturated carbocycles. The van der Waals surface area contributed by atoms with Gasteiger partial charge in [0.15, 0.2) is 11.5 Å². The largest absolute Gasteiger partial charge is 0.486 e. The summed E-state index contributed by atoms with van der Waals surface area (Å²) in [5.41, 5.74) is 8.08. The van der Waals surface area contributed by atoms with Gasteiger partial charge >= 0.3 is 0 Å². The molecule has 1 aliphatic rings. The van der Waals surface area contributed by atoms with Crippen molar-refractivity contribution in [2.75, 3.05) is 19.8 Å². The molecule has 2 N–H and O–H groups in total. The Balaban J connectivity index is 2.57. The molecule has 0 aromatic heterocycles. The molecule has 94 valence electrons. The summed E-state index contributed by atoms with van der Waals surface area (Å²) in [5.74, 6) is 1.77. The zero-order chi connectivity index (χ0) is 12.4. The van der Waals surface area contributed by atoms with Crippen LogP contribution < -0.4 is 15.2 Å². The van der Waals surface area contributed by atoms with E-state index in [1.54, 1.807) is 0 Å². The summed E-state index contributed by atoms with van der Waals surface area (Å²) < 4.78 is 11.3. The lowest BCUT2D eigenvalue weighted by Crippen LogP contribution is -2.19. The lowest BCUT2D eigenvalue weighted by molar-refractivity contribution is 0.170. The fraction of sp³-hybridized carbons (Fsp3) is 0.538. The van der Waals surface area contributed by atoms with Crippen LogP contribution in [0.25, 0.3) is 0 Å². The van der Waals surface area contributed by atoms with E-state index in [2.05, 4.69) is 13.8 Å². The number of benzene rings is 1. The molecule has 4 heteroatoms. The summed E-state index contributed by atoms with van der Waals surface area (Å²) in [5, 5.41) is 0.618. The molecule has 2 rings (SSSR count). The van der Waals surface area contributed by atoms with Crippen LogP contribution in [0.1, 0.15) is 30.9 Å². The Morgan fingerprint density at radius 2 is 2.00 bits per heavy atom. The molecule has 1 atom stereocenters. The van der Waals surface area contributed by atoms with Gasteiger partial charge in [-0.05, 0) is 30.5 Å². The number of ether oxygens (including phenoxy) is 2. The van der Waals surface area contributed by atoms with Gasteiger partial charge in [0.25, 0.3) is 0 Å². The molecule has 0 aliphatic carbocycles. The number of fused-ring (bicyclic) bond motifs is 1. The van der Waals surface area contributed by atoms with Gasteiger partial charge in [0.05, 0.1) is 5.02 Å². The van der Waals surface area contributed by atoms with Crippen molar-refractivity contribution in [3.8, 4) is 11.5 Å². The first-order valence-corrected chi connectivity index (χ1v) is 6.37. The number of nitrogens with two attached hydrogens (primary N) is 1. The average Bonchev–Trinajstić information content (AvgIpc) is 2.38. The van der Waals surface area contributed by atoms with Gasteiger partial charge in [-0.15, -0.1) is 0 Å². The predicted molar refractivity (Wildman–Crippen MR) is 69.3 cm³/mol. The molecule has 0 spiro atoms. The minimum Gasteiger partial charge on any atom is -0.486 e. The van der Waals surface area contributed by atoms with Crippen LogP contribution in [0.2, 0.25) is 5.02 Å². The second kappa shape index (κ2) is 5.15. The highest BCUT2D eigenvalue weighted by Gasteiger charge is 2.23. The maximum Gasteiger partial charge on any atom is 0.180 e. The Bertz CT molecular complexity index is 420. The fourth-order valence-corrected chi connectivity index (χ4v) is 2.43. The Hall–Kier alpha value is -0.930. The molecule has 0 radical (unpaired) electrons. The van der Waals surface area contributed by atoms with Crippen molar-refractivity contribution in [2.45, 2.75) is 26.2 Å². The third-order valence-electron chi connectivity index (χ3n) is 3.14. The van der Waals surface area contributed by atoms with Crippen LogP contribution in [0, 0.1) is 0 Å². The molecule has 0 saturated heterocycles. The zero-order valence-corrected chi connectivity index (χ0v) is 11.0. The van der Waals surface area contributed by atoms with Crippen LogP contribution in [0.5, 0.6) is 11.5 Å². The van der Waals surface area contributed by atoms with Crippen molar-refractivity contribution in [3.05, 3.63) is 22.2 Å². The van der Waals surface area contributed by atoms with E-state index >= 15 is 0 Å². The molecule has 3 nitrogen and oxygen atoms in total. The minimum absolute atomic E-state index is 0.276. The van der Waals surface area contributed by atoms with Gasteiger partial charge in [-0.2, -0.15) is 0 Å². The SMILES string of the molecule is CCc1c(C(C)CN)cc(Cl)c2c1OCCO2. The molecular weight excluding hydrogens is 238 g/mol. The molecule has 1 unspecified atom stereocenters. The maximum absolute atomic E-state index is 6.23. The number of hydrogen-bond acceptors (Lipinski definition) is 3. The number of hydrogen-bond donors (Lipinski definition) is 1. The van der Waals surface area contributed by atoms with Crippen LogP contribution >= 0.6 is 11.6 Å². The third-order valence-corrected chi connectivity index (χ3v) is 3.42. The van der Waals surface area contributed by atoms with Crippen LogP contribution in [-0.4, -0.2) is 19.8 Å². The van der Waals surface area contributed by atoms with E-state index in [1.807, 2.05) is 6.07 Å². The van der Waals surface area contributed by atoms with E-state index in [1.165, 1.54) is 11.1 Å². The summed E-state index contributed by atoms with van der Waals surface area (Å²) >= 11 is 6.23. The maximum atomic E-state index is 6.23. The average molecular weight is 256 g/mol. The van der Waals surface area contributed by atoms with Gasteiger partial charge in [-0.1, -0.05) is 25.4 Å². The van der Waals surface area contributed by atoms with Gasteiger partial charge in [-0.3, -0.25) is 0 Å². The van der Waals surface area contributed by atoms with Crippen LogP contribution in [0.15, 0.2) is 6.07 Å². The second-order valence-corrected chi connectivity index (χ2v) is 4.68. The molecule has 1 aromatic carbocycles. The predicted octanol–water partition coefficient (Wildman–Crippen LogP) is 2.74. The van der Waals surface area contributed by atoms with Crippen molar-refractivity contribution in [1.29, 1.82) is 0 Å². The van der Waals surface area contributed by atoms with Crippen molar-refractivity contribution in [2.24, 2.45) is 5.73 Å². The lowest BCUT2D eigenvalue weighted by atomic mass is 9.93. The molecule has 17 heavy (non-hydrogen) atoms. The summed E-state index contributed by atoms with van der Waals surface area (Å²) in [6.45, 7) is 5.94. The van der Waals surface area contributed by atoms with Gasteiger partial charge in [0, 0.05) is 5.56 Å². The van der Waals surface area contributed by atoms with Gasteiger partial charge < -0.3 is 15.2 Å². The van der Waals surface area contributed by atoms with Crippen LogP contribution in [0.3, 0.4) is 0 Å². The van der Waals surface area contributed by atoms with E-state index in [4.69, 9.17) is 26.8 Å². The minimum atomic E-state index is 0.276. The normalized spacial score (nSPS) is 15.8. The van der Waals surface area contributed by atoms with Gasteiger partial charge in [0.1, 0.15) is 13.2 Å². The summed E-state index contributed by atoms with van der Waals surface area (Å²) in [6.07, 6.45) is 0.891. The Kier molecular flexibility index (Phi) is 3.79. The Morgan fingerprint density at radius 1 is 1.35 bits per heavy atom. The summed E-state index contributed by atoms with van der Waals surface area (Å²) in [6, 6.07) is 1.96. The number of halogens is 1. The lowest BCUT2D eigenvalue weighted by Gasteiger charge is -2.25. The first-order chi connectivity index (χ1) is 8.19. The first kappa shape index (κ1) is 12.5. The van der Waals surface area contributed by atoms with E-state index < -0.39 is 0 Å². The summed E-state index contributed by atoms with van der Waals surface area (Å²) in [7, 11) is 0. The van der Waals surface area contributed by atoms with E-state index in [-0.39, 0.29) is 5.92 Å². The van der Waals surface area contributed by atoms with Crippen molar-refractivity contribution in [1.82, 2.24) is 0 Å². The molecule has 1 heterocycles. The Labute approximate surface area is 107 Å². The number of rotatable bonds is 3. The topological polar surface area (TPSA) is 44.5 Å². The zero-order valence-electron chi connectivity index (χ0n) is 10.3. The molecule has 0 amide bonds. The Morgan fingerprint density at radius 3 is 2.59 bits per heavy atom. The first-order valence-electron chi connectivity index (χ1n) is 6.00. The third kappa shape index (κ3) is 2.22. The molecular formula is C13H18ClNO2. The van der Waals surface area contributed by atoms with Gasteiger partial charge in [-0.25, -0.2) is 0 Å². The van der Waals surface area contributed by atoms with Crippen LogP contribution in [0.4, 0.5) is 0 Å². The van der Waals surface area contributed by atoms with Crippen LogP contribution in [-0.2, 0) is 6.42 Å². The van der Waals surface area contributed by atoms with E-state index in [0.717, 1.165) is 12.2 Å². The molecule has 1 aliphatic heterocycles. The second-order valence-electron chi connectivity index (χ2n) is 4.27. The van der Waals surface area contributed by atoms with Crippen molar-refractivity contribution < 1.29 is 9.47 Å². The monoisotopic (exact) mass is 255 g/mol. The fourth-order valence-electron chi connectivity index (χ4n) is 2.17. The molecule has 0 fully saturated rings. The smallest absolute Gasteiger partial charge is 0.180 e. The highest BCUT2D eigenvalue weighted by atomic mass is 35.5. The van der Waals surface area contributed by atoms with Gasteiger partial charge in [0.2, 0.25) is 0 Å². The van der Waals surface area contributed by atoms with Crippen molar-refractivity contribution in [3.63, 3.8) is 0 Å². The quantitative estimate of drug-likeness (QED) is 0.903. The highest BCUT2D eigenvalue weighted by Crippen LogP contribution is 2.43. The van der Waals surface area contributed by atoms with E-state index in [9.17, 15) is 0 Å².